The van der Waals surface area contributed by atoms with E-state index in [0.717, 1.165) is 37.8 Å². The van der Waals surface area contributed by atoms with Crippen molar-refractivity contribution in [1.82, 2.24) is 14.8 Å². The number of pyridine rings is 1. The summed E-state index contributed by atoms with van der Waals surface area (Å²) >= 11 is 4.20. The molecule has 0 saturated heterocycles. The molecule has 0 saturated carbocycles. The van der Waals surface area contributed by atoms with Gasteiger partial charge in [0, 0.05) is 0 Å². The number of hydrogen-bond acceptors (Lipinski definition) is 5. The molecule has 0 spiro atoms. The van der Waals surface area contributed by atoms with Crippen LogP contribution < -0.4 is 13.9 Å². The predicted molar refractivity (Wildman–Crippen MR) is 116 cm³/mol. The Kier molecular flexibility index (Phi) is 7.01. The molecule has 0 aliphatic heterocycles. The molecule has 0 aliphatic carbocycles. The van der Waals surface area contributed by atoms with Gasteiger partial charge in [0.25, 0.3) is 0 Å². The second-order valence-corrected chi connectivity index (χ2v) is 8.64. The zero-order valence-electron chi connectivity index (χ0n) is 18.0. The molecule has 5 nitrogen and oxygen atoms in total. The molecule has 2 unspecified atom stereocenters. The van der Waals surface area contributed by atoms with Crippen molar-refractivity contribution in [3.8, 4) is 11.5 Å². The number of nitrogens with zero attached hydrogens (tertiary/aromatic N) is 3. The van der Waals surface area contributed by atoms with Crippen molar-refractivity contribution in [3.63, 3.8) is 0 Å². The predicted octanol–water partition coefficient (Wildman–Crippen LogP) is 3.22. The Morgan fingerprint density at radius 1 is 0.828 bits per heavy atom. The Morgan fingerprint density at radius 2 is 1.41 bits per heavy atom. The van der Waals surface area contributed by atoms with Crippen LogP contribution in [0.3, 0.4) is 0 Å². The number of hydrogen-bond donors (Lipinski definition) is 0. The summed E-state index contributed by atoms with van der Waals surface area (Å²) in [6, 6.07) is 12.8. The van der Waals surface area contributed by atoms with Crippen molar-refractivity contribution >= 4 is 26.3 Å². The first-order chi connectivity index (χ1) is 13.7. The van der Waals surface area contributed by atoms with Gasteiger partial charge in [-0.1, -0.05) is 0 Å². The summed E-state index contributed by atoms with van der Waals surface area (Å²) in [5.74, 6) is 1.63. The van der Waals surface area contributed by atoms with Gasteiger partial charge in [-0.3, -0.25) is 0 Å². The van der Waals surface area contributed by atoms with E-state index in [2.05, 4.69) is 65.9 Å². The van der Waals surface area contributed by atoms with E-state index in [0.29, 0.717) is 25.3 Å². The van der Waals surface area contributed by atoms with Gasteiger partial charge in [-0.05, 0) is 0 Å². The summed E-state index contributed by atoms with van der Waals surface area (Å²) in [7, 11) is 8.20. The van der Waals surface area contributed by atoms with Crippen LogP contribution in [0.15, 0.2) is 36.4 Å². The van der Waals surface area contributed by atoms with Crippen LogP contribution in [0.5, 0.6) is 11.5 Å². The van der Waals surface area contributed by atoms with Gasteiger partial charge in [-0.25, -0.2) is 0 Å². The van der Waals surface area contributed by atoms with E-state index in [1.165, 1.54) is 0 Å². The molecule has 0 aliphatic rings. The third-order valence-electron chi connectivity index (χ3n) is 5.36. The normalized spacial score (nSPS) is 14.0. The Labute approximate surface area is 181 Å². The van der Waals surface area contributed by atoms with Crippen LogP contribution in [0.4, 0.5) is 0 Å². The van der Waals surface area contributed by atoms with Crippen LogP contribution >= 0.6 is 0 Å². The van der Waals surface area contributed by atoms with E-state index in [-0.39, 0.29) is 0 Å². The second-order valence-electron chi connectivity index (χ2n) is 8.05. The Bertz CT molecular complexity index is 991. The van der Waals surface area contributed by atoms with Crippen LogP contribution in [0.25, 0.3) is 21.8 Å². The van der Waals surface area contributed by atoms with E-state index in [4.69, 9.17) is 14.5 Å². The molecule has 0 amide bonds. The minimum atomic E-state index is 0.327. The molecule has 1 heterocycles. The second kappa shape index (κ2) is 9.31. The van der Waals surface area contributed by atoms with E-state index < -0.39 is 0 Å². The minimum absolute atomic E-state index is 0.327. The van der Waals surface area contributed by atoms with Gasteiger partial charge in [0.2, 0.25) is 0 Å². The summed E-state index contributed by atoms with van der Waals surface area (Å²) in [5, 5.41) is 2.12. The van der Waals surface area contributed by atoms with Gasteiger partial charge in [0.05, 0.1) is 0 Å². The van der Waals surface area contributed by atoms with Gasteiger partial charge in [-0.15, -0.1) is 0 Å². The fraction of sp³-hybridized carbons (Fsp3) is 0.435. The van der Waals surface area contributed by atoms with Crippen LogP contribution in [0.1, 0.15) is 13.8 Å². The van der Waals surface area contributed by atoms with Crippen molar-refractivity contribution in [2.24, 2.45) is 0 Å². The average molecular weight is 436 g/mol. The summed E-state index contributed by atoms with van der Waals surface area (Å²) in [6.45, 7) is 5.53. The van der Waals surface area contributed by atoms with Gasteiger partial charge < -0.3 is 0 Å². The quantitative estimate of drug-likeness (QED) is 0.401. The van der Waals surface area contributed by atoms with E-state index in [1.54, 1.807) is 0 Å². The fourth-order valence-electron chi connectivity index (χ4n) is 2.74. The Hall–Kier alpha value is -1.85. The molecule has 157 valence electrons. The van der Waals surface area contributed by atoms with Crippen molar-refractivity contribution in [1.29, 1.82) is 0 Å². The first kappa shape index (κ1) is 21.8. The van der Waals surface area contributed by atoms with Crippen molar-refractivity contribution in [2.75, 3.05) is 41.4 Å². The first-order valence-electron chi connectivity index (χ1n) is 9.86. The van der Waals surface area contributed by atoms with E-state index in [9.17, 15) is 0 Å². The Morgan fingerprint density at radius 3 is 2.03 bits per heavy atom. The first-order valence-corrected chi connectivity index (χ1v) is 10.4. The number of rotatable bonds is 8. The number of likely N-dealkylation sites (N-methyl/N-ethyl adjacent to an activating group) is 2. The van der Waals surface area contributed by atoms with Crippen LogP contribution in [0.2, 0.25) is 0 Å². The molecule has 2 aromatic carbocycles. The topological polar surface area (TPSA) is 37.8 Å². The van der Waals surface area contributed by atoms with Crippen molar-refractivity contribution in [2.45, 2.75) is 25.9 Å². The number of fused-ring (bicyclic) bond motifs is 2. The summed E-state index contributed by atoms with van der Waals surface area (Å²) in [6.07, 6.45) is 0. The molecule has 0 bridgehead atoms. The van der Waals surface area contributed by atoms with Gasteiger partial charge in [0.15, 0.2) is 0 Å². The molecular formula is C23H30FeN3O2. The number of benzene rings is 2. The zero-order valence-corrected chi connectivity index (χ0v) is 19.1. The molecule has 6 heteroatoms. The average Bonchev–Trinajstić information content (AvgIpc) is 2.68. The van der Waals surface area contributed by atoms with Crippen LogP contribution in [-0.2, 0) is 16.0 Å². The third-order valence-corrected chi connectivity index (χ3v) is 5.82. The van der Waals surface area contributed by atoms with Crippen molar-refractivity contribution in [3.05, 3.63) is 36.4 Å². The van der Waals surface area contributed by atoms with Gasteiger partial charge in [-0.2, -0.15) is 0 Å². The monoisotopic (exact) mass is 436 g/mol. The molecule has 3 aromatic rings. The van der Waals surface area contributed by atoms with Crippen LogP contribution in [0, 0.1) is 0 Å². The molecule has 1 aromatic heterocycles. The molecule has 29 heavy (non-hydrogen) atoms. The van der Waals surface area contributed by atoms with E-state index in [1.807, 2.05) is 38.4 Å². The maximum absolute atomic E-state index is 5.99. The molecular weight excluding hydrogens is 406 g/mol. The third kappa shape index (κ3) is 5.40. The maximum atomic E-state index is 5.99. The van der Waals surface area contributed by atoms with Gasteiger partial charge >= 0.3 is 182 Å². The summed E-state index contributed by atoms with van der Waals surface area (Å²) in [5.41, 5.74) is 1.79. The number of ether oxygens (including phenoxy) is 2. The molecule has 0 N–H and O–H groups in total. The summed E-state index contributed by atoms with van der Waals surface area (Å²) in [4.78, 5) is 9.14. The summed E-state index contributed by atoms with van der Waals surface area (Å²) < 4.78 is 12.9. The standard InChI is InChI=1S/C23H30N3O2.Fe/c1-16(25(3)4)14-27-20-9-7-18-11-19-8-10-21(28-15-17(2)26(5)6)13-23(19)24-22(18)12-20;/h7,9-13,16-17H,14-15H2,1-6H3;. The zero-order chi connectivity index (χ0) is 21.1. The fourth-order valence-corrected chi connectivity index (χ4v) is 3.12. The van der Waals surface area contributed by atoms with E-state index >= 15 is 0 Å². The SMILES string of the molecule is CC(COc1ccc2cc3[c]([Fe])cc(OCC(C)N(C)C)cc3nc2c1)N(C)C. The Balaban J connectivity index is 1.87. The molecule has 0 radical (unpaired) electrons. The van der Waals surface area contributed by atoms with Crippen molar-refractivity contribution < 1.29 is 25.5 Å². The molecule has 0 fully saturated rings. The number of aromatic nitrogens is 1. The molecule has 3 rings (SSSR count). The van der Waals surface area contributed by atoms with Gasteiger partial charge in [0.1, 0.15) is 0 Å². The molecule has 2 atom stereocenters. The van der Waals surface area contributed by atoms with Crippen LogP contribution in [-0.4, -0.2) is 68.3 Å².